The summed E-state index contributed by atoms with van der Waals surface area (Å²) in [4.78, 5) is 2.42. The molecule has 0 aliphatic heterocycles. The monoisotopic (exact) mass is 225 g/mol. The van der Waals surface area contributed by atoms with Crippen LogP contribution < -0.4 is 5.73 Å². The van der Waals surface area contributed by atoms with Gasteiger partial charge in [-0.2, -0.15) is 0 Å². The fourth-order valence-electron chi connectivity index (χ4n) is 2.78. The quantitative estimate of drug-likeness (QED) is 0.558. The van der Waals surface area contributed by atoms with Gasteiger partial charge in [0.2, 0.25) is 0 Å². The number of nitrogens with one attached hydrogen (secondary N) is 1. The second-order valence-electron chi connectivity index (χ2n) is 5.33. The van der Waals surface area contributed by atoms with Gasteiger partial charge in [0.1, 0.15) is 0 Å². The molecule has 3 heteroatoms. The van der Waals surface area contributed by atoms with Crippen LogP contribution in [0.3, 0.4) is 0 Å². The Morgan fingerprint density at radius 1 is 1.38 bits per heavy atom. The molecule has 0 amide bonds. The third-order valence-electron chi connectivity index (χ3n) is 4.18. The highest BCUT2D eigenvalue weighted by Gasteiger charge is 2.25. The molecule has 1 atom stereocenters. The van der Waals surface area contributed by atoms with Crippen molar-refractivity contribution >= 4 is 5.84 Å². The SMILES string of the molecule is CCC1CCC(N(C)C(C)CC(=N)N)CC1. The van der Waals surface area contributed by atoms with E-state index in [1.807, 2.05) is 0 Å². The van der Waals surface area contributed by atoms with Gasteiger partial charge in [0.25, 0.3) is 0 Å². The third kappa shape index (κ3) is 3.78. The van der Waals surface area contributed by atoms with Crippen LogP contribution in [-0.4, -0.2) is 29.9 Å². The van der Waals surface area contributed by atoms with Crippen LogP contribution in [0.1, 0.15) is 52.4 Å². The standard InChI is InChI=1S/C13H27N3/c1-4-11-5-7-12(8-6-11)16(3)10(2)9-13(14)15/h10-12H,4-9H2,1-3H3,(H3,14,15). The minimum absolute atomic E-state index is 0.307. The van der Waals surface area contributed by atoms with E-state index in [0.29, 0.717) is 24.3 Å². The summed E-state index contributed by atoms with van der Waals surface area (Å²) in [6.45, 7) is 4.47. The van der Waals surface area contributed by atoms with Gasteiger partial charge in [0.15, 0.2) is 0 Å². The fourth-order valence-corrected chi connectivity index (χ4v) is 2.78. The maximum Gasteiger partial charge on any atom is 0.0920 e. The van der Waals surface area contributed by atoms with E-state index in [0.717, 1.165) is 5.92 Å². The molecule has 1 aliphatic carbocycles. The molecule has 1 saturated carbocycles. The minimum Gasteiger partial charge on any atom is -0.388 e. The summed E-state index contributed by atoms with van der Waals surface area (Å²) in [5, 5.41) is 7.34. The lowest BCUT2D eigenvalue weighted by atomic mass is 9.83. The second kappa shape index (κ2) is 6.24. The van der Waals surface area contributed by atoms with Gasteiger partial charge in [0.05, 0.1) is 5.84 Å². The van der Waals surface area contributed by atoms with Gasteiger partial charge in [-0.25, -0.2) is 0 Å². The van der Waals surface area contributed by atoms with Crippen LogP contribution >= 0.6 is 0 Å². The molecule has 1 rings (SSSR count). The van der Waals surface area contributed by atoms with Crippen LogP contribution in [0, 0.1) is 11.3 Å². The Balaban J connectivity index is 2.37. The van der Waals surface area contributed by atoms with Crippen molar-refractivity contribution in [2.45, 2.75) is 64.5 Å². The third-order valence-corrected chi connectivity index (χ3v) is 4.18. The first-order chi connectivity index (χ1) is 7.54. The van der Waals surface area contributed by atoms with E-state index in [9.17, 15) is 0 Å². The van der Waals surface area contributed by atoms with Crippen molar-refractivity contribution in [3.63, 3.8) is 0 Å². The first kappa shape index (κ1) is 13.5. The summed E-state index contributed by atoms with van der Waals surface area (Å²) < 4.78 is 0. The average molecular weight is 225 g/mol. The van der Waals surface area contributed by atoms with E-state index < -0.39 is 0 Å². The first-order valence-corrected chi connectivity index (χ1v) is 6.59. The first-order valence-electron chi connectivity index (χ1n) is 6.59. The minimum atomic E-state index is 0.307. The molecule has 3 N–H and O–H groups in total. The van der Waals surface area contributed by atoms with Crippen LogP contribution in [0.4, 0.5) is 0 Å². The molecule has 1 unspecified atom stereocenters. The molecule has 0 heterocycles. The fraction of sp³-hybridized carbons (Fsp3) is 0.923. The maximum atomic E-state index is 7.34. The second-order valence-corrected chi connectivity index (χ2v) is 5.33. The summed E-state index contributed by atoms with van der Waals surface area (Å²) in [6.07, 6.45) is 7.41. The zero-order valence-electron chi connectivity index (χ0n) is 11.0. The highest BCUT2D eigenvalue weighted by Crippen LogP contribution is 2.29. The Morgan fingerprint density at radius 2 is 1.94 bits per heavy atom. The zero-order chi connectivity index (χ0) is 12.1. The Hall–Kier alpha value is -0.570. The topological polar surface area (TPSA) is 53.1 Å². The van der Waals surface area contributed by atoms with Gasteiger partial charge >= 0.3 is 0 Å². The largest absolute Gasteiger partial charge is 0.388 e. The molecule has 0 bridgehead atoms. The maximum absolute atomic E-state index is 7.34. The number of amidine groups is 1. The number of hydrogen-bond acceptors (Lipinski definition) is 2. The molecule has 0 aromatic heterocycles. The molecule has 1 fully saturated rings. The Labute approximate surface area is 99.9 Å². The Morgan fingerprint density at radius 3 is 2.38 bits per heavy atom. The van der Waals surface area contributed by atoms with E-state index >= 15 is 0 Å². The lowest BCUT2D eigenvalue weighted by Gasteiger charge is -2.37. The number of nitrogens with zero attached hydrogens (tertiary/aromatic N) is 1. The van der Waals surface area contributed by atoms with Crippen molar-refractivity contribution in [2.24, 2.45) is 11.7 Å². The molecule has 0 radical (unpaired) electrons. The summed E-state index contributed by atoms with van der Waals surface area (Å²) in [5.74, 6) is 1.26. The summed E-state index contributed by atoms with van der Waals surface area (Å²) in [5.41, 5.74) is 5.46. The van der Waals surface area contributed by atoms with E-state index in [4.69, 9.17) is 11.1 Å². The van der Waals surface area contributed by atoms with Crippen LogP contribution in [0.2, 0.25) is 0 Å². The van der Waals surface area contributed by atoms with Crippen molar-refractivity contribution in [1.82, 2.24) is 4.90 Å². The Kier molecular flexibility index (Phi) is 5.26. The van der Waals surface area contributed by atoms with Crippen molar-refractivity contribution in [3.8, 4) is 0 Å². The van der Waals surface area contributed by atoms with Crippen LogP contribution in [0.5, 0.6) is 0 Å². The Bertz CT molecular complexity index is 219. The molecule has 0 aromatic rings. The van der Waals surface area contributed by atoms with E-state index in [-0.39, 0.29) is 0 Å². The van der Waals surface area contributed by atoms with Gasteiger partial charge in [-0.15, -0.1) is 0 Å². The highest BCUT2D eigenvalue weighted by atomic mass is 15.2. The lowest BCUT2D eigenvalue weighted by Crippen LogP contribution is -2.42. The predicted molar refractivity (Wildman–Crippen MR) is 69.8 cm³/mol. The molecule has 0 aromatic carbocycles. The average Bonchev–Trinajstić information content (AvgIpc) is 2.27. The molecule has 3 nitrogen and oxygen atoms in total. The van der Waals surface area contributed by atoms with E-state index in [1.165, 1.54) is 32.1 Å². The molecule has 16 heavy (non-hydrogen) atoms. The van der Waals surface area contributed by atoms with E-state index in [1.54, 1.807) is 0 Å². The number of hydrogen-bond donors (Lipinski definition) is 2. The smallest absolute Gasteiger partial charge is 0.0920 e. The highest BCUT2D eigenvalue weighted by molar-refractivity contribution is 5.77. The summed E-state index contributed by atoms with van der Waals surface area (Å²) in [7, 11) is 2.19. The predicted octanol–water partition coefficient (Wildman–Crippen LogP) is 2.60. The molecular weight excluding hydrogens is 198 g/mol. The van der Waals surface area contributed by atoms with Crippen molar-refractivity contribution in [3.05, 3.63) is 0 Å². The van der Waals surface area contributed by atoms with Gasteiger partial charge in [-0.3, -0.25) is 5.41 Å². The molecular formula is C13H27N3. The number of nitrogens with two attached hydrogens (primary N) is 1. The van der Waals surface area contributed by atoms with Crippen molar-refractivity contribution in [1.29, 1.82) is 5.41 Å². The van der Waals surface area contributed by atoms with Gasteiger partial charge in [-0.1, -0.05) is 13.3 Å². The van der Waals surface area contributed by atoms with Crippen LogP contribution in [0.15, 0.2) is 0 Å². The molecule has 0 spiro atoms. The van der Waals surface area contributed by atoms with Crippen molar-refractivity contribution in [2.75, 3.05) is 7.05 Å². The van der Waals surface area contributed by atoms with Gasteiger partial charge in [-0.05, 0) is 45.6 Å². The zero-order valence-corrected chi connectivity index (χ0v) is 11.0. The summed E-state index contributed by atoms with van der Waals surface area (Å²) >= 11 is 0. The summed E-state index contributed by atoms with van der Waals surface area (Å²) in [6, 6.07) is 1.11. The van der Waals surface area contributed by atoms with Gasteiger partial charge < -0.3 is 10.6 Å². The molecule has 94 valence electrons. The van der Waals surface area contributed by atoms with Crippen LogP contribution in [-0.2, 0) is 0 Å². The van der Waals surface area contributed by atoms with E-state index in [2.05, 4.69) is 25.8 Å². The van der Waals surface area contributed by atoms with Gasteiger partial charge in [0, 0.05) is 18.5 Å². The normalized spacial score (nSPS) is 28.0. The van der Waals surface area contributed by atoms with Crippen LogP contribution in [0.25, 0.3) is 0 Å². The molecule has 1 aliphatic rings. The van der Waals surface area contributed by atoms with Crippen molar-refractivity contribution < 1.29 is 0 Å². The lowest BCUT2D eigenvalue weighted by molar-refractivity contribution is 0.129. The number of rotatable bonds is 5. The molecule has 0 saturated heterocycles.